The number of hydrogen-bond donors (Lipinski definition) is 3. The van der Waals surface area contributed by atoms with Crippen molar-refractivity contribution >= 4 is 12.0 Å². The first kappa shape index (κ1) is 17.6. The normalized spacial score (nSPS) is 17.5. The van der Waals surface area contributed by atoms with Crippen LogP contribution in [0.3, 0.4) is 0 Å². The van der Waals surface area contributed by atoms with Gasteiger partial charge in [0.25, 0.3) is 6.43 Å². The molecule has 1 rings (SSSR count). The molecule has 0 aliphatic heterocycles. The predicted octanol–water partition coefficient (Wildman–Crippen LogP) is 1.60. The maximum absolute atomic E-state index is 11.8. The number of carbonyl (C=O) groups is 2. The van der Waals surface area contributed by atoms with E-state index >= 15 is 0 Å². The highest BCUT2D eigenvalue weighted by molar-refractivity contribution is 5.78. The summed E-state index contributed by atoms with van der Waals surface area (Å²) in [7, 11) is 0. The summed E-state index contributed by atoms with van der Waals surface area (Å²) < 4.78 is 28.2. The van der Waals surface area contributed by atoms with Crippen molar-refractivity contribution < 1.29 is 28.2 Å². The second kappa shape index (κ2) is 8.76. The maximum atomic E-state index is 11.8. The van der Waals surface area contributed by atoms with Crippen LogP contribution in [0.25, 0.3) is 0 Å². The second-order valence-corrected chi connectivity index (χ2v) is 5.22. The molecule has 21 heavy (non-hydrogen) atoms. The quantitative estimate of drug-likeness (QED) is 0.594. The van der Waals surface area contributed by atoms with Crippen LogP contribution < -0.4 is 10.6 Å². The Morgan fingerprint density at radius 1 is 1.19 bits per heavy atom. The van der Waals surface area contributed by atoms with Crippen molar-refractivity contribution in [3.63, 3.8) is 0 Å². The Hall–Kier alpha value is -1.44. The average Bonchev–Trinajstić information content (AvgIpc) is 2.45. The molecule has 0 spiro atoms. The molecule has 0 aromatic carbocycles. The van der Waals surface area contributed by atoms with Crippen molar-refractivity contribution in [3.05, 3.63) is 0 Å². The summed E-state index contributed by atoms with van der Waals surface area (Å²) >= 11 is 0. The van der Waals surface area contributed by atoms with Crippen molar-refractivity contribution in [1.29, 1.82) is 0 Å². The first-order valence-electron chi connectivity index (χ1n) is 7.07. The summed E-state index contributed by atoms with van der Waals surface area (Å²) in [6.45, 7) is -0.502. The van der Waals surface area contributed by atoms with Crippen LogP contribution in [0.1, 0.15) is 32.1 Å². The van der Waals surface area contributed by atoms with Crippen molar-refractivity contribution in [2.45, 2.75) is 38.5 Å². The summed E-state index contributed by atoms with van der Waals surface area (Å²) in [4.78, 5) is 22.9. The number of amides is 2. The van der Waals surface area contributed by atoms with Crippen LogP contribution in [0.4, 0.5) is 13.6 Å². The molecule has 0 unspecified atom stereocenters. The van der Waals surface area contributed by atoms with E-state index in [9.17, 15) is 23.5 Å². The zero-order chi connectivity index (χ0) is 15.7. The van der Waals surface area contributed by atoms with Crippen molar-refractivity contribution in [2.75, 3.05) is 26.3 Å². The van der Waals surface area contributed by atoms with Gasteiger partial charge < -0.3 is 20.5 Å². The lowest BCUT2D eigenvalue weighted by atomic mass is 9.74. The topological polar surface area (TPSA) is 87.7 Å². The zero-order valence-corrected chi connectivity index (χ0v) is 11.9. The van der Waals surface area contributed by atoms with Crippen LogP contribution in [0.2, 0.25) is 0 Å². The van der Waals surface area contributed by atoms with Gasteiger partial charge in [-0.1, -0.05) is 19.3 Å². The number of carboxylic acid groups (broad SMARTS) is 1. The number of carbonyl (C=O) groups excluding carboxylic acids is 1. The summed E-state index contributed by atoms with van der Waals surface area (Å²) in [5.74, 6) is -0.886. The van der Waals surface area contributed by atoms with E-state index in [0.29, 0.717) is 12.8 Å². The van der Waals surface area contributed by atoms with E-state index in [0.717, 1.165) is 19.3 Å². The van der Waals surface area contributed by atoms with E-state index in [1.165, 1.54) is 0 Å². The van der Waals surface area contributed by atoms with Gasteiger partial charge in [0, 0.05) is 13.1 Å². The van der Waals surface area contributed by atoms with Crippen LogP contribution in [0.5, 0.6) is 0 Å². The molecule has 0 atom stereocenters. The van der Waals surface area contributed by atoms with Crippen molar-refractivity contribution in [2.24, 2.45) is 5.41 Å². The number of carboxylic acids is 1. The third-order valence-corrected chi connectivity index (χ3v) is 3.63. The second-order valence-electron chi connectivity index (χ2n) is 5.22. The highest BCUT2D eigenvalue weighted by Gasteiger charge is 2.39. The minimum Gasteiger partial charge on any atom is -0.481 e. The molecule has 6 nitrogen and oxygen atoms in total. The minimum absolute atomic E-state index is 0.0121. The molecule has 0 aromatic rings. The lowest BCUT2D eigenvalue weighted by Crippen LogP contribution is -2.47. The van der Waals surface area contributed by atoms with Gasteiger partial charge >= 0.3 is 12.0 Å². The molecule has 8 heteroatoms. The summed E-state index contributed by atoms with van der Waals surface area (Å²) in [5.41, 5.74) is -0.887. The number of halogens is 2. The molecule has 3 N–H and O–H groups in total. The number of ether oxygens (including phenoxy) is 1. The molecular weight excluding hydrogens is 286 g/mol. The number of nitrogens with one attached hydrogen (secondary N) is 2. The van der Waals surface area contributed by atoms with Crippen LogP contribution in [0, 0.1) is 5.41 Å². The molecule has 0 heterocycles. The van der Waals surface area contributed by atoms with Gasteiger partial charge in [0.05, 0.1) is 12.0 Å². The Morgan fingerprint density at radius 2 is 1.86 bits per heavy atom. The zero-order valence-electron chi connectivity index (χ0n) is 11.9. The number of urea groups is 1. The van der Waals surface area contributed by atoms with Gasteiger partial charge in [0.2, 0.25) is 0 Å². The Morgan fingerprint density at radius 3 is 2.43 bits per heavy atom. The van der Waals surface area contributed by atoms with E-state index in [1.807, 2.05) is 0 Å². The summed E-state index contributed by atoms with van der Waals surface area (Å²) in [6.07, 6.45) is 1.29. The Balaban J connectivity index is 2.23. The first-order valence-corrected chi connectivity index (χ1v) is 7.07. The lowest BCUT2D eigenvalue weighted by Gasteiger charge is -2.33. The largest absolute Gasteiger partial charge is 0.481 e. The molecule has 1 fully saturated rings. The molecule has 122 valence electrons. The third kappa shape index (κ3) is 6.24. The molecule has 0 saturated heterocycles. The Bertz CT molecular complexity index is 347. The first-order chi connectivity index (χ1) is 9.96. The molecule has 0 aromatic heterocycles. The summed E-state index contributed by atoms with van der Waals surface area (Å²) in [6, 6.07) is -0.512. The number of alkyl halides is 2. The molecular formula is C13H22F2N2O4. The predicted molar refractivity (Wildman–Crippen MR) is 71.4 cm³/mol. The average molecular weight is 308 g/mol. The fraction of sp³-hybridized carbons (Fsp3) is 0.846. The monoisotopic (exact) mass is 308 g/mol. The minimum atomic E-state index is -2.53. The SMILES string of the molecule is O=C(NCCOCC(F)F)NCC1(C(=O)O)CCCCC1. The van der Waals surface area contributed by atoms with Crippen molar-refractivity contribution in [1.82, 2.24) is 10.6 Å². The maximum Gasteiger partial charge on any atom is 0.314 e. The van der Waals surface area contributed by atoms with Gasteiger partial charge in [-0.25, -0.2) is 13.6 Å². The smallest absolute Gasteiger partial charge is 0.314 e. The molecule has 1 aliphatic rings. The van der Waals surface area contributed by atoms with Crippen LogP contribution in [0.15, 0.2) is 0 Å². The Kier molecular flexibility index (Phi) is 7.35. The van der Waals surface area contributed by atoms with Crippen LogP contribution in [-0.2, 0) is 9.53 Å². The van der Waals surface area contributed by atoms with Gasteiger partial charge in [-0.15, -0.1) is 0 Å². The van der Waals surface area contributed by atoms with Crippen LogP contribution in [-0.4, -0.2) is 49.8 Å². The van der Waals surface area contributed by atoms with Gasteiger partial charge in [0.1, 0.15) is 6.61 Å². The highest BCUT2D eigenvalue weighted by atomic mass is 19.3. The van der Waals surface area contributed by atoms with E-state index in [2.05, 4.69) is 15.4 Å². The number of aliphatic carboxylic acids is 1. The van der Waals surface area contributed by atoms with E-state index < -0.39 is 30.4 Å². The Labute approximate surface area is 122 Å². The van der Waals surface area contributed by atoms with E-state index in [4.69, 9.17) is 0 Å². The van der Waals surface area contributed by atoms with Gasteiger partial charge in [0.15, 0.2) is 0 Å². The summed E-state index contributed by atoms with van der Waals surface area (Å²) in [5, 5.41) is 14.3. The molecule has 1 saturated carbocycles. The van der Waals surface area contributed by atoms with Crippen molar-refractivity contribution in [3.8, 4) is 0 Å². The van der Waals surface area contributed by atoms with E-state index in [-0.39, 0.29) is 19.7 Å². The molecule has 2 amide bonds. The highest BCUT2D eigenvalue weighted by Crippen LogP contribution is 2.35. The molecule has 0 radical (unpaired) electrons. The molecule has 1 aliphatic carbocycles. The van der Waals surface area contributed by atoms with Crippen LogP contribution >= 0.6 is 0 Å². The fourth-order valence-corrected chi connectivity index (χ4v) is 2.42. The number of rotatable bonds is 8. The molecule has 0 bridgehead atoms. The number of hydrogen-bond acceptors (Lipinski definition) is 3. The fourth-order valence-electron chi connectivity index (χ4n) is 2.42. The van der Waals surface area contributed by atoms with E-state index in [1.54, 1.807) is 0 Å². The standard InChI is InChI=1S/C13H22F2N2O4/c14-10(15)8-21-7-6-16-12(20)17-9-13(11(18)19)4-2-1-3-5-13/h10H,1-9H2,(H,18,19)(H2,16,17,20). The van der Waals surface area contributed by atoms with Gasteiger partial charge in [-0.05, 0) is 12.8 Å². The van der Waals surface area contributed by atoms with Gasteiger partial charge in [-0.2, -0.15) is 0 Å². The van der Waals surface area contributed by atoms with Gasteiger partial charge in [-0.3, -0.25) is 4.79 Å². The lowest BCUT2D eigenvalue weighted by molar-refractivity contribution is -0.150. The third-order valence-electron chi connectivity index (χ3n) is 3.63.